The molecular weight excluding hydrogens is 311 g/mol. The van der Waals surface area contributed by atoms with Gasteiger partial charge in [0.25, 0.3) is 0 Å². The van der Waals surface area contributed by atoms with Crippen LogP contribution in [0.25, 0.3) is 0 Å². The van der Waals surface area contributed by atoms with Crippen molar-refractivity contribution in [2.45, 2.75) is 18.9 Å². The van der Waals surface area contributed by atoms with Crippen LogP contribution in [0.15, 0.2) is 17.5 Å². The summed E-state index contributed by atoms with van der Waals surface area (Å²) in [6.45, 7) is 0. The smallest absolute Gasteiger partial charge is 0.200 e. The Morgan fingerprint density at radius 1 is 1.00 bits per heavy atom. The Kier molecular flexibility index (Phi) is 4.92. The molecule has 0 spiro atoms. The lowest BCUT2D eigenvalue weighted by atomic mass is 10.00. The molecule has 1 heterocycles. The minimum absolute atomic E-state index is 0.0926. The van der Waals surface area contributed by atoms with Gasteiger partial charge in [-0.15, -0.1) is 11.3 Å². The van der Waals surface area contributed by atoms with Crippen molar-refractivity contribution in [3.05, 3.63) is 57.0 Å². The fourth-order valence-corrected chi connectivity index (χ4v) is 2.71. The summed E-state index contributed by atoms with van der Waals surface area (Å²) in [7, 11) is 0. The topological polar surface area (TPSA) is 38.0 Å². The molecule has 0 saturated carbocycles. The second-order valence-electron chi connectivity index (χ2n) is 4.32. The fraction of sp³-hybridized carbons (Fsp3) is 0.231. The number of halogens is 5. The summed E-state index contributed by atoms with van der Waals surface area (Å²) in [5, 5.41) is 1.82. The summed E-state index contributed by atoms with van der Waals surface area (Å²) in [4.78, 5) is 0.916. The molecule has 0 aliphatic heterocycles. The highest BCUT2D eigenvalue weighted by molar-refractivity contribution is 7.09. The third-order valence-electron chi connectivity index (χ3n) is 3.05. The quantitative estimate of drug-likeness (QED) is 0.290. The maximum atomic E-state index is 13.7. The van der Waals surface area contributed by atoms with Gasteiger partial charge in [-0.25, -0.2) is 22.0 Å². The molecule has 1 aromatic carbocycles. The van der Waals surface area contributed by atoms with Crippen molar-refractivity contribution < 1.29 is 22.0 Å². The summed E-state index contributed by atoms with van der Waals surface area (Å²) >= 11 is 1.42. The number of hydrazine groups is 1. The zero-order valence-electron chi connectivity index (χ0n) is 10.6. The average molecular weight is 322 g/mol. The van der Waals surface area contributed by atoms with E-state index in [0.29, 0.717) is 6.42 Å². The molecule has 2 rings (SSSR count). The number of hydrogen-bond donors (Lipinski definition) is 2. The molecule has 0 aliphatic carbocycles. The Morgan fingerprint density at radius 3 is 2.05 bits per heavy atom. The van der Waals surface area contributed by atoms with Gasteiger partial charge in [-0.05, 0) is 24.3 Å². The molecule has 0 aliphatic rings. The number of hydrogen-bond acceptors (Lipinski definition) is 3. The van der Waals surface area contributed by atoms with Crippen molar-refractivity contribution in [3.63, 3.8) is 0 Å². The monoisotopic (exact) mass is 322 g/mol. The van der Waals surface area contributed by atoms with Gasteiger partial charge in [-0.2, -0.15) is 0 Å². The number of benzene rings is 1. The maximum Gasteiger partial charge on any atom is 0.200 e. The fourth-order valence-electron chi connectivity index (χ4n) is 1.98. The highest BCUT2D eigenvalue weighted by Crippen LogP contribution is 2.30. The Balaban J connectivity index is 2.33. The van der Waals surface area contributed by atoms with Crippen molar-refractivity contribution >= 4 is 11.3 Å². The molecule has 1 unspecified atom stereocenters. The van der Waals surface area contributed by atoms with E-state index in [9.17, 15) is 22.0 Å². The van der Waals surface area contributed by atoms with E-state index in [2.05, 4.69) is 5.43 Å². The first kappa shape index (κ1) is 15.9. The molecule has 3 N–H and O–H groups in total. The largest absolute Gasteiger partial charge is 0.271 e. The normalized spacial score (nSPS) is 12.7. The van der Waals surface area contributed by atoms with Gasteiger partial charge in [-0.3, -0.25) is 11.3 Å². The molecule has 0 radical (unpaired) electrons. The molecular formula is C13H11F5N2S. The van der Waals surface area contributed by atoms with Crippen molar-refractivity contribution in [2.24, 2.45) is 5.84 Å². The van der Waals surface area contributed by atoms with Crippen LogP contribution in [-0.2, 0) is 6.42 Å². The molecule has 21 heavy (non-hydrogen) atoms. The first-order valence-electron chi connectivity index (χ1n) is 5.97. The summed E-state index contributed by atoms with van der Waals surface area (Å²) in [6.07, 6.45) is 0.487. The number of thiophene rings is 1. The van der Waals surface area contributed by atoms with E-state index in [0.717, 1.165) is 4.88 Å². The highest BCUT2D eigenvalue weighted by atomic mass is 32.1. The van der Waals surface area contributed by atoms with Gasteiger partial charge in [0, 0.05) is 10.4 Å². The van der Waals surface area contributed by atoms with Gasteiger partial charge in [0.05, 0.1) is 6.04 Å². The lowest BCUT2D eigenvalue weighted by Crippen LogP contribution is -2.30. The van der Waals surface area contributed by atoms with Crippen LogP contribution >= 0.6 is 11.3 Å². The Labute approximate surface area is 121 Å². The molecule has 0 saturated heterocycles. The summed E-state index contributed by atoms with van der Waals surface area (Å²) in [5.74, 6) is -4.64. The van der Waals surface area contributed by atoms with E-state index in [-0.39, 0.29) is 6.42 Å². The Hall–Kier alpha value is -1.51. The van der Waals surface area contributed by atoms with Crippen LogP contribution in [0.5, 0.6) is 0 Å². The lowest BCUT2D eigenvalue weighted by Gasteiger charge is -2.18. The third kappa shape index (κ3) is 3.07. The van der Waals surface area contributed by atoms with Crippen LogP contribution in [-0.4, -0.2) is 0 Å². The molecule has 114 valence electrons. The zero-order chi connectivity index (χ0) is 15.6. The molecule has 0 fully saturated rings. The van der Waals surface area contributed by atoms with Crippen LogP contribution in [0.4, 0.5) is 22.0 Å². The number of rotatable bonds is 5. The van der Waals surface area contributed by atoms with Crippen LogP contribution < -0.4 is 11.3 Å². The van der Waals surface area contributed by atoms with Crippen molar-refractivity contribution in [2.75, 3.05) is 0 Å². The van der Waals surface area contributed by atoms with E-state index in [1.165, 1.54) is 11.3 Å². The SMILES string of the molecule is NNC(CCc1cccs1)c1c(F)c(F)c(F)c(F)c1F. The van der Waals surface area contributed by atoms with E-state index in [4.69, 9.17) is 5.84 Å². The van der Waals surface area contributed by atoms with Gasteiger partial charge < -0.3 is 0 Å². The average Bonchev–Trinajstić information content (AvgIpc) is 3.00. The predicted molar refractivity (Wildman–Crippen MR) is 68.9 cm³/mol. The summed E-state index contributed by atoms with van der Waals surface area (Å²) in [6, 6.07) is 2.41. The molecule has 2 nitrogen and oxygen atoms in total. The minimum atomic E-state index is -2.18. The molecule has 0 bridgehead atoms. The molecule has 1 aromatic heterocycles. The summed E-state index contributed by atoms with van der Waals surface area (Å²) in [5.41, 5.74) is 1.17. The molecule has 8 heteroatoms. The van der Waals surface area contributed by atoms with Crippen LogP contribution in [0.1, 0.15) is 22.9 Å². The van der Waals surface area contributed by atoms with Gasteiger partial charge in [0.15, 0.2) is 23.3 Å². The van der Waals surface area contributed by atoms with E-state index >= 15 is 0 Å². The van der Waals surface area contributed by atoms with Crippen molar-refractivity contribution in [1.82, 2.24) is 5.43 Å². The first-order valence-corrected chi connectivity index (χ1v) is 6.85. The van der Waals surface area contributed by atoms with Crippen LogP contribution in [0.3, 0.4) is 0 Å². The van der Waals surface area contributed by atoms with Crippen molar-refractivity contribution in [3.8, 4) is 0 Å². The van der Waals surface area contributed by atoms with E-state index < -0.39 is 40.7 Å². The highest BCUT2D eigenvalue weighted by Gasteiger charge is 2.29. The lowest BCUT2D eigenvalue weighted by molar-refractivity contribution is 0.353. The molecule has 1 atom stereocenters. The number of nitrogens with two attached hydrogens (primary N) is 1. The standard InChI is InChI=1S/C13H11F5N2S/c14-9-8(10(15)12(17)13(18)11(9)16)7(20-19)4-3-6-2-1-5-21-6/h1-2,5,7,20H,3-4,19H2. The Bertz CT molecular complexity index is 601. The van der Waals surface area contributed by atoms with E-state index in [1.807, 2.05) is 5.38 Å². The zero-order valence-corrected chi connectivity index (χ0v) is 11.4. The van der Waals surface area contributed by atoms with Crippen LogP contribution in [0.2, 0.25) is 0 Å². The molecule has 0 amide bonds. The minimum Gasteiger partial charge on any atom is -0.271 e. The summed E-state index contributed by atoms with van der Waals surface area (Å²) < 4.78 is 66.8. The molecule has 2 aromatic rings. The Morgan fingerprint density at radius 2 is 1.57 bits per heavy atom. The van der Waals surface area contributed by atoms with E-state index in [1.54, 1.807) is 12.1 Å². The second-order valence-corrected chi connectivity index (χ2v) is 5.35. The maximum absolute atomic E-state index is 13.7. The van der Waals surface area contributed by atoms with Gasteiger partial charge >= 0.3 is 0 Å². The first-order chi connectivity index (χ1) is 9.97. The van der Waals surface area contributed by atoms with Crippen LogP contribution in [0, 0.1) is 29.1 Å². The number of aryl methyl sites for hydroxylation is 1. The van der Waals surface area contributed by atoms with Crippen molar-refractivity contribution in [1.29, 1.82) is 0 Å². The van der Waals surface area contributed by atoms with Gasteiger partial charge in [0.1, 0.15) is 0 Å². The number of nitrogens with one attached hydrogen (secondary N) is 1. The second kappa shape index (κ2) is 6.50. The van der Waals surface area contributed by atoms with Gasteiger partial charge in [-0.1, -0.05) is 6.07 Å². The predicted octanol–water partition coefficient (Wildman–Crippen LogP) is 3.58. The third-order valence-corrected chi connectivity index (χ3v) is 3.99. The van der Waals surface area contributed by atoms with Gasteiger partial charge in [0.2, 0.25) is 5.82 Å².